The summed E-state index contributed by atoms with van der Waals surface area (Å²) in [5, 5.41) is 9.19. The molecule has 0 aliphatic carbocycles. The Morgan fingerprint density at radius 2 is 1.96 bits per heavy atom. The molecule has 1 fully saturated rings. The van der Waals surface area contributed by atoms with Crippen LogP contribution >= 0.6 is 24.0 Å². The molecule has 0 atom stereocenters. The predicted octanol–water partition coefficient (Wildman–Crippen LogP) is 4.41. The molecule has 1 N–H and O–H groups in total. The number of aryl methyl sites for hydroxylation is 2. The standard InChI is InChI=1S/C19H15NO3S2/c1-11-4-3-5-13(8-11)9-16-17(21)20(19(24)25-16)15-10-14(18(22)23)7-6-12(15)2/h3-10H,1-2H3,(H,22,23). The van der Waals surface area contributed by atoms with Gasteiger partial charge in [0, 0.05) is 0 Å². The summed E-state index contributed by atoms with van der Waals surface area (Å²) >= 11 is 6.59. The zero-order valence-corrected chi connectivity index (χ0v) is 15.3. The van der Waals surface area contributed by atoms with Crippen molar-refractivity contribution in [3.05, 3.63) is 69.6 Å². The molecule has 6 heteroatoms. The minimum atomic E-state index is -1.04. The van der Waals surface area contributed by atoms with E-state index in [-0.39, 0.29) is 11.5 Å². The van der Waals surface area contributed by atoms with Gasteiger partial charge in [0.25, 0.3) is 5.91 Å². The number of thioether (sulfide) groups is 1. The fourth-order valence-electron chi connectivity index (χ4n) is 2.57. The number of hydrogen-bond donors (Lipinski definition) is 1. The van der Waals surface area contributed by atoms with E-state index in [1.54, 1.807) is 6.07 Å². The van der Waals surface area contributed by atoms with E-state index >= 15 is 0 Å². The van der Waals surface area contributed by atoms with E-state index in [4.69, 9.17) is 12.2 Å². The number of amides is 1. The minimum absolute atomic E-state index is 0.123. The summed E-state index contributed by atoms with van der Waals surface area (Å²) in [4.78, 5) is 26.0. The second-order valence-corrected chi connectivity index (χ2v) is 7.41. The van der Waals surface area contributed by atoms with Gasteiger partial charge in [0.1, 0.15) is 0 Å². The van der Waals surface area contributed by atoms with Crippen LogP contribution in [0.25, 0.3) is 6.08 Å². The molecule has 1 saturated heterocycles. The second-order valence-electron chi connectivity index (χ2n) is 5.74. The number of anilines is 1. The molecule has 1 aliphatic rings. The van der Waals surface area contributed by atoms with Gasteiger partial charge in [0.05, 0.1) is 16.2 Å². The Morgan fingerprint density at radius 1 is 1.20 bits per heavy atom. The van der Waals surface area contributed by atoms with Crippen molar-refractivity contribution in [1.29, 1.82) is 0 Å². The van der Waals surface area contributed by atoms with Gasteiger partial charge in [-0.3, -0.25) is 9.69 Å². The summed E-state index contributed by atoms with van der Waals surface area (Å²) in [5.41, 5.74) is 3.45. The molecule has 4 nitrogen and oxygen atoms in total. The van der Waals surface area contributed by atoms with Crippen LogP contribution < -0.4 is 4.90 Å². The Balaban J connectivity index is 2.00. The third-order valence-corrected chi connectivity index (χ3v) is 5.13. The van der Waals surface area contributed by atoms with Crippen molar-refractivity contribution >= 4 is 51.9 Å². The Kier molecular flexibility index (Phi) is 4.74. The first-order valence-corrected chi connectivity index (χ1v) is 8.78. The minimum Gasteiger partial charge on any atom is -0.478 e. The second kappa shape index (κ2) is 6.82. The van der Waals surface area contributed by atoms with Gasteiger partial charge in [-0.1, -0.05) is 59.9 Å². The van der Waals surface area contributed by atoms with E-state index in [2.05, 4.69) is 0 Å². The Labute approximate surface area is 155 Å². The fraction of sp³-hybridized carbons (Fsp3) is 0.105. The van der Waals surface area contributed by atoms with Crippen molar-refractivity contribution in [2.45, 2.75) is 13.8 Å². The number of carboxylic acids is 1. The normalized spacial score (nSPS) is 15.9. The molecule has 126 valence electrons. The zero-order chi connectivity index (χ0) is 18.1. The van der Waals surface area contributed by atoms with Crippen LogP contribution in [0.5, 0.6) is 0 Å². The van der Waals surface area contributed by atoms with Crippen molar-refractivity contribution in [2.75, 3.05) is 4.90 Å². The van der Waals surface area contributed by atoms with Crippen molar-refractivity contribution in [3.63, 3.8) is 0 Å². The lowest BCUT2D eigenvalue weighted by Gasteiger charge is -2.17. The summed E-state index contributed by atoms with van der Waals surface area (Å²) in [7, 11) is 0. The van der Waals surface area contributed by atoms with Crippen molar-refractivity contribution in [3.8, 4) is 0 Å². The van der Waals surface area contributed by atoms with Gasteiger partial charge >= 0.3 is 5.97 Å². The SMILES string of the molecule is Cc1cccc(C=C2SC(=S)N(c3cc(C(=O)O)ccc3C)C2=O)c1. The van der Waals surface area contributed by atoms with Gasteiger partial charge in [0.2, 0.25) is 0 Å². The van der Waals surface area contributed by atoms with Gasteiger partial charge in [-0.15, -0.1) is 0 Å². The average molecular weight is 369 g/mol. The van der Waals surface area contributed by atoms with E-state index < -0.39 is 5.97 Å². The highest BCUT2D eigenvalue weighted by Gasteiger charge is 2.34. The monoisotopic (exact) mass is 369 g/mol. The van der Waals surface area contributed by atoms with Gasteiger partial charge < -0.3 is 5.11 Å². The molecule has 1 heterocycles. The van der Waals surface area contributed by atoms with Crippen LogP contribution in [0, 0.1) is 13.8 Å². The van der Waals surface area contributed by atoms with Gasteiger partial charge in [-0.05, 0) is 43.2 Å². The van der Waals surface area contributed by atoms with E-state index in [0.29, 0.717) is 14.9 Å². The summed E-state index contributed by atoms with van der Waals surface area (Å²) in [6, 6.07) is 12.5. The van der Waals surface area contributed by atoms with Crippen LogP contribution in [0.15, 0.2) is 47.4 Å². The molecule has 0 radical (unpaired) electrons. The molecule has 1 aliphatic heterocycles. The lowest BCUT2D eigenvalue weighted by molar-refractivity contribution is -0.113. The quantitative estimate of drug-likeness (QED) is 0.642. The first-order valence-electron chi connectivity index (χ1n) is 7.55. The third kappa shape index (κ3) is 3.50. The fourth-order valence-corrected chi connectivity index (χ4v) is 3.85. The molecular formula is C19H15NO3S2. The van der Waals surface area contributed by atoms with E-state index in [9.17, 15) is 14.7 Å². The molecule has 0 spiro atoms. The van der Waals surface area contributed by atoms with E-state index in [1.807, 2.05) is 44.2 Å². The first kappa shape index (κ1) is 17.4. The largest absolute Gasteiger partial charge is 0.478 e. The maximum absolute atomic E-state index is 12.8. The summed E-state index contributed by atoms with van der Waals surface area (Å²) in [5.74, 6) is -1.27. The van der Waals surface area contributed by atoms with E-state index in [0.717, 1.165) is 16.7 Å². The molecule has 3 rings (SSSR count). The molecular weight excluding hydrogens is 354 g/mol. The highest BCUT2D eigenvalue weighted by molar-refractivity contribution is 8.27. The maximum atomic E-state index is 12.8. The van der Waals surface area contributed by atoms with Crippen molar-refractivity contribution in [2.24, 2.45) is 0 Å². The van der Waals surface area contributed by atoms with Gasteiger partial charge in [-0.2, -0.15) is 0 Å². The van der Waals surface area contributed by atoms with Crippen LogP contribution in [0.4, 0.5) is 5.69 Å². The molecule has 0 aromatic heterocycles. The van der Waals surface area contributed by atoms with Crippen molar-refractivity contribution < 1.29 is 14.7 Å². The smallest absolute Gasteiger partial charge is 0.335 e. The lowest BCUT2D eigenvalue weighted by Crippen LogP contribution is -2.28. The van der Waals surface area contributed by atoms with E-state index in [1.165, 1.54) is 28.8 Å². The summed E-state index contributed by atoms with van der Waals surface area (Å²) < 4.78 is 0.398. The predicted molar refractivity (Wildman–Crippen MR) is 105 cm³/mol. The molecule has 0 bridgehead atoms. The number of nitrogens with zero attached hydrogens (tertiary/aromatic N) is 1. The number of carbonyl (C=O) groups excluding carboxylic acids is 1. The number of hydrogen-bond acceptors (Lipinski definition) is 4. The van der Waals surface area contributed by atoms with Crippen LogP contribution in [0.3, 0.4) is 0 Å². The number of thiocarbonyl (C=S) groups is 1. The lowest BCUT2D eigenvalue weighted by atomic mass is 10.1. The summed E-state index contributed by atoms with van der Waals surface area (Å²) in [6.45, 7) is 3.81. The van der Waals surface area contributed by atoms with Gasteiger partial charge in [0.15, 0.2) is 4.32 Å². The highest BCUT2D eigenvalue weighted by Crippen LogP contribution is 2.37. The molecule has 25 heavy (non-hydrogen) atoms. The highest BCUT2D eigenvalue weighted by atomic mass is 32.2. The van der Waals surface area contributed by atoms with Crippen LogP contribution in [0.1, 0.15) is 27.0 Å². The zero-order valence-electron chi connectivity index (χ0n) is 13.6. The van der Waals surface area contributed by atoms with Crippen LogP contribution in [-0.4, -0.2) is 21.3 Å². The van der Waals surface area contributed by atoms with Crippen LogP contribution in [-0.2, 0) is 4.79 Å². The van der Waals surface area contributed by atoms with Crippen LogP contribution in [0.2, 0.25) is 0 Å². The summed E-state index contributed by atoms with van der Waals surface area (Å²) in [6.07, 6.45) is 1.81. The molecule has 1 amide bonds. The number of rotatable bonds is 3. The molecule has 0 saturated carbocycles. The third-order valence-electron chi connectivity index (χ3n) is 3.83. The first-order chi connectivity index (χ1) is 11.9. The Morgan fingerprint density at radius 3 is 2.64 bits per heavy atom. The Hall–Kier alpha value is -2.44. The maximum Gasteiger partial charge on any atom is 0.335 e. The van der Waals surface area contributed by atoms with Crippen molar-refractivity contribution in [1.82, 2.24) is 0 Å². The number of carboxylic acid groups (broad SMARTS) is 1. The molecule has 2 aromatic carbocycles. The number of benzene rings is 2. The van der Waals surface area contributed by atoms with Gasteiger partial charge in [-0.25, -0.2) is 4.79 Å². The topological polar surface area (TPSA) is 57.6 Å². The molecule has 2 aromatic rings. The number of aromatic carboxylic acids is 1. The average Bonchev–Trinajstić information content (AvgIpc) is 2.82. The Bertz CT molecular complexity index is 934. The number of carbonyl (C=O) groups is 2. The molecule has 0 unspecified atom stereocenters.